The Hall–Kier alpha value is -3.67. The number of benzene rings is 2. The number of anilines is 1. The maximum atomic E-state index is 14.0. The van der Waals surface area contributed by atoms with Gasteiger partial charge in [0.1, 0.15) is 6.04 Å². The molecule has 31 heavy (non-hydrogen) atoms. The van der Waals surface area contributed by atoms with Crippen molar-refractivity contribution in [2.24, 2.45) is 5.41 Å². The third-order valence-corrected chi connectivity index (χ3v) is 7.33. The number of hydrogen-bond acceptors (Lipinski definition) is 5. The Morgan fingerprint density at radius 2 is 1.77 bits per heavy atom. The molecule has 5 rings (SSSR count). The Morgan fingerprint density at radius 1 is 1.03 bits per heavy atom. The molecule has 5 heteroatoms. The van der Waals surface area contributed by atoms with Crippen LogP contribution in [0.3, 0.4) is 0 Å². The Morgan fingerprint density at radius 3 is 2.45 bits per heavy atom. The van der Waals surface area contributed by atoms with E-state index in [1.165, 1.54) is 11.3 Å². The molecule has 2 aliphatic rings. The van der Waals surface area contributed by atoms with Crippen LogP contribution in [0.25, 0.3) is 6.08 Å². The fourth-order valence-electron chi connectivity index (χ4n) is 4.90. The highest BCUT2D eigenvalue weighted by atomic mass is 32.1. The lowest BCUT2D eigenvalue weighted by atomic mass is 9.71. The van der Waals surface area contributed by atoms with E-state index < -0.39 is 23.4 Å². The first-order chi connectivity index (χ1) is 15.1. The van der Waals surface area contributed by atoms with E-state index in [4.69, 9.17) is 0 Å². The van der Waals surface area contributed by atoms with E-state index in [1.807, 2.05) is 90.0 Å². The fraction of sp³-hybridized carbons (Fsp3) is 0.192. The lowest BCUT2D eigenvalue weighted by Crippen LogP contribution is -2.44. The first-order valence-electron chi connectivity index (χ1n) is 10.1. The van der Waals surface area contributed by atoms with E-state index in [0.717, 1.165) is 21.7 Å². The summed E-state index contributed by atoms with van der Waals surface area (Å²) in [5.74, 6) is -0.627. The van der Waals surface area contributed by atoms with Gasteiger partial charge in [0.25, 0.3) is 0 Å². The van der Waals surface area contributed by atoms with E-state index in [-0.39, 0.29) is 5.78 Å². The molecule has 1 fully saturated rings. The van der Waals surface area contributed by atoms with Crippen molar-refractivity contribution in [1.82, 2.24) is 0 Å². The van der Waals surface area contributed by atoms with E-state index in [9.17, 15) is 15.3 Å². The standard InChI is InChI=1S/C26H19N3OS/c1-17-8-10-19(11-9-17)25(30)24-23(21-7-4-14-31-21)26(15-27,16-28)22-13-12-18-5-2-3-6-20(18)29(22)24/h2-14,22-24H,1H3/t22-,23+,24+/m1/s1. The SMILES string of the molecule is Cc1ccc(C(=O)[C@@H]2[C@H](c3cccs3)C(C#N)(C#N)[C@H]3C=Cc4ccccc4N23)cc1. The fourth-order valence-corrected chi connectivity index (χ4v) is 5.83. The zero-order chi connectivity index (χ0) is 21.6. The summed E-state index contributed by atoms with van der Waals surface area (Å²) in [5, 5.41) is 22.6. The van der Waals surface area contributed by atoms with Gasteiger partial charge in [-0.15, -0.1) is 11.3 Å². The van der Waals surface area contributed by atoms with Gasteiger partial charge in [-0.2, -0.15) is 10.5 Å². The number of nitrogens with zero attached hydrogens (tertiary/aromatic N) is 3. The summed E-state index contributed by atoms with van der Waals surface area (Å²) in [6.07, 6.45) is 3.88. The molecule has 150 valence electrons. The first kappa shape index (κ1) is 19.3. The largest absolute Gasteiger partial charge is 0.351 e. The van der Waals surface area contributed by atoms with Gasteiger partial charge in [-0.1, -0.05) is 66.2 Å². The maximum Gasteiger partial charge on any atom is 0.185 e. The van der Waals surface area contributed by atoms with Crippen LogP contribution < -0.4 is 4.90 Å². The molecular weight excluding hydrogens is 402 g/mol. The van der Waals surface area contributed by atoms with Crippen molar-refractivity contribution >= 4 is 28.9 Å². The second-order valence-corrected chi connectivity index (χ2v) is 9.01. The number of fused-ring (bicyclic) bond motifs is 3. The van der Waals surface area contributed by atoms with Gasteiger partial charge >= 0.3 is 0 Å². The number of carbonyl (C=O) groups is 1. The summed E-state index contributed by atoms with van der Waals surface area (Å²) in [4.78, 5) is 16.9. The van der Waals surface area contributed by atoms with Crippen molar-refractivity contribution in [2.75, 3.05) is 4.90 Å². The van der Waals surface area contributed by atoms with Crippen LogP contribution in [-0.2, 0) is 0 Å². The van der Waals surface area contributed by atoms with Gasteiger partial charge < -0.3 is 4.90 Å². The molecule has 2 aliphatic heterocycles. The second kappa shape index (κ2) is 7.23. The second-order valence-electron chi connectivity index (χ2n) is 8.03. The molecule has 3 aromatic rings. The first-order valence-corrected chi connectivity index (χ1v) is 11.0. The Labute approximate surface area is 185 Å². The van der Waals surface area contributed by atoms with Crippen LogP contribution in [0.2, 0.25) is 0 Å². The predicted octanol–water partition coefficient (Wildman–Crippen LogP) is 5.34. The van der Waals surface area contributed by atoms with Crippen molar-refractivity contribution in [2.45, 2.75) is 24.9 Å². The Balaban J connectivity index is 1.77. The number of Topliss-reactive ketones (excluding diaryl/α,β-unsaturated/α-hetero) is 1. The highest BCUT2D eigenvalue weighted by Gasteiger charge is 2.63. The molecule has 1 saturated heterocycles. The summed E-state index contributed by atoms with van der Waals surface area (Å²) in [6.45, 7) is 1.98. The average molecular weight is 422 g/mol. The quantitative estimate of drug-likeness (QED) is 0.535. The van der Waals surface area contributed by atoms with E-state index in [0.29, 0.717) is 5.56 Å². The van der Waals surface area contributed by atoms with Crippen LogP contribution in [0.4, 0.5) is 5.69 Å². The van der Waals surface area contributed by atoms with Gasteiger partial charge in [-0.3, -0.25) is 4.79 Å². The topological polar surface area (TPSA) is 67.9 Å². The Kier molecular flexibility index (Phi) is 4.50. The number of nitriles is 2. The minimum absolute atomic E-state index is 0.0686. The lowest BCUT2D eigenvalue weighted by molar-refractivity contribution is 0.0951. The third kappa shape index (κ3) is 2.75. The molecule has 3 heterocycles. The smallest absolute Gasteiger partial charge is 0.185 e. The molecule has 4 nitrogen and oxygen atoms in total. The van der Waals surface area contributed by atoms with Crippen LogP contribution in [0.1, 0.15) is 32.3 Å². The number of aryl methyl sites for hydroxylation is 1. The van der Waals surface area contributed by atoms with Crippen molar-refractivity contribution in [3.8, 4) is 12.1 Å². The molecule has 0 spiro atoms. The number of hydrogen-bond donors (Lipinski definition) is 0. The molecule has 0 amide bonds. The minimum Gasteiger partial charge on any atom is -0.351 e. The molecule has 1 aromatic heterocycles. The zero-order valence-corrected chi connectivity index (χ0v) is 17.7. The summed E-state index contributed by atoms with van der Waals surface area (Å²) >= 11 is 1.49. The summed E-state index contributed by atoms with van der Waals surface area (Å²) in [5.41, 5.74) is 2.16. The van der Waals surface area contributed by atoms with Gasteiger partial charge in [0, 0.05) is 16.1 Å². The van der Waals surface area contributed by atoms with E-state index in [2.05, 4.69) is 12.1 Å². The normalized spacial score (nSPS) is 22.8. The number of para-hydroxylation sites is 1. The highest BCUT2D eigenvalue weighted by Crippen LogP contribution is 2.56. The van der Waals surface area contributed by atoms with Crippen molar-refractivity contribution in [1.29, 1.82) is 10.5 Å². The number of rotatable bonds is 3. The Bertz CT molecular complexity index is 1250. The monoisotopic (exact) mass is 421 g/mol. The molecule has 0 N–H and O–H groups in total. The molecule has 0 bridgehead atoms. The molecule has 3 atom stereocenters. The van der Waals surface area contributed by atoms with Crippen molar-refractivity contribution < 1.29 is 4.79 Å². The molecule has 0 radical (unpaired) electrons. The lowest BCUT2D eigenvalue weighted by Gasteiger charge is -2.35. The minimum atomic E-state index is -1.38. The van der Waals surface area contributed by atoms with E-state index in [1.54, 1.807) is 0 Å². The number of carbonyl (C=O) groups excluding carboxylic acids is 1. The molecule has 0 saturated carbocycles. The number of ketones is 1. The average Bonchev–Trinajstić information content (AvgIpc) is 3.43. The van der Waals surface area contributed by atoms with Crippen molar-refractivity contribution in [3.63, 3.8) is 0 Å². The third-order valence-electron chi connectivity index (χ3n) is 6.37. The molecule has 2 aromatic carbocycles. The van der Waals surface area contributed by atoms with Crippen LogP contribution in [0.15, 0.2) is 72.1 Å². The summed E-state index contributed by atoms with van der Waals surface area (Å²) in [6, 6.07) is 22.7. The van der Waals surface area contributed by atoms with Crippen LogP contribution >= 0.6 is 11.3 Å². The molecule has 0 unspecified atom stereocenters. The molecular formula is C26H19N3OS. The highest BCUT2D eigenvalue weighted by molar-refractivity contribution is 7.10. The van der Waals surface area contributed by atoms with Gasteiger partial charge in [0.2, 0.25) is 0 Å². The summed E-state index contributed by atoms with van der Waals surface area (Å²) in [7, 11) is 0. The van der Waals surface area contributed by atoms with Crippen molar-refractivity contribution in [3.05, 3.63) is 93.7 Å². The van der Waals surface area contributed by atoms with Crippen LogP contribution in [0, 0.1) is 35.0 Å². The van der Waals surface area contributed by atoms with Gasteiger partial charge in [-0.05, 0) is 30.0 Å². The number of thiophene rings is 1. The van der Waals surface area contributed by atoms with Gasteiger partial charge in [0.05, 0.1) is 24.1 Å². The van der Waals surface area contributed by atoms with Crippen LogP contribution in [-0.4, -0.2) is 17.9 Å². The zero-order valence-electron chi connectivity index (χ0n) is 16.9. The van der Waals surface area contributed by atoms with Crippen LogP contribution in [0.5, 0.6) is 0 Å². The predicted molar refractivity (Wildman–Crippen MR) is 122 cm³/mol. The van der Waals surface area contributed by atoms with E-state index >= 15 is 0 Å². The summed E-state index contributed by atoms with van der Waals surface area (Å²) < 4.78 is 0. The maximum absolute atomic E-state index is 14.0. The van der Waals surface area contributed by atoms with Gasteiger partial charge in [-0.25, -0.2) is 0 Å². The molecule has 0 aliphatic carbocycles. The van der Waals surface area contributed by atoms with Gasteiger partial charge in [0.15, 0.2) is 11.2 Å².